The Morgan fingerprint density at radius 2 is 1.18 bits per heavy atom. The van der Waals surface area contributed by atoms with E-state index >= 15 is 0 Å². The molecule has 0 N–H and O–H groups in total. The van der Waals surface area contributed by atoms with E-state index in [4.69, 9.17) is 24.7 Å². The maximum Gasteiger partial charge on any atom is 0.254 e. The highest BCUT2D eigenvalue weighted by molar-refractivity contribution is 9.10. The smallest absolute Gasteiger partial charge is 0.254 e. The van der Waals surface area contributed by atoms with Crippen LogP contribution in [0.15, 0.2) is 127 Å². The average molecular weight is 746 g/mol. The fourth-order valence-corrected chi connectivity index (χ4v) is 5.34. The molecule has 0 aromatic carbocycles. The number of pyridine rings is 6. The normalized spacial score (nSPS) is 10.4. The number of aromatic nitrogens is 8. The Balaban J connectivity index is 0.000000146. The van der Waals surface area contributed by atoms with Gasteiger partial charge in [0.15, 0.2) is 0 Å². The molecule has 0 aliphatic carbocycles. The Kier molecular flexibility index (Phi) is 10.2. The number of rotatable bonds is 3. The Hall–Kier alpha value is -6.41. The van der Waals surface area contributed by atoms with E-state index < -0.39 is 0 Å². The second-order valence-corrected chi connectivity index (χ2v) is 11.3. The van der Waals surface area contributed by atoms with Crippen LogP contribution in [0.1, 0.15) is 0 Å². The van der Waals surface area contributed by atoms with E-state index in [1.807, 2.05) is 60.9 Å². The molecule has 0 unspecified atom stereocenters. The Morgan fingerprint density at radius 3 is 1.72 bits per heavy atom. The number of imidazole rings is 2. The Bertz CT molecular complexity index is 2540. The van der Waals surface area contributed by atoms with E-state index in [-0.39, 0.29) is 11.6 Å². The molecular weight excluding hydrogens is 726 g/mol. The third-order valence-electron chi connectivity index (χ3n) is 7.04. The summed E-state index contributed by atoms with van der Waals surface area (Å²) >= 11 is 9.07. The Labute approximate surface area is 297 Å². The van der Waals surface area contributed by atoms with Crippen molar-refractivity contribution in [1.82, 2.24) is 38.7 Å². The van der Waals surface area contributed by atoms with Crippen LogP contribution in [0.2, 0.25) is 5.15 Å². The van der Waals surface area contributed by atoms with Gasteiger partial charge in [0.2, 0.25) is 11.3 Å². The molecule has 50 heavy (non-hydrogen) atoms. The minimum absolute atomic E-state index is 0.271. The monoisotopic (exact) mass is 744 g/mol. The summed E-state index contributed by atoms with van der Waals surface area (Å²) in [5.74, 6) is 0.275. The van der Waals surface area contributed by atoms with Gasteiger partial charge in [0.05, 0.1) is 36.2 Å². The van der Waals surface area contributed by atoms with Gasteiger partial charge in [-0.3, -0.25) is 9.97 Å². The molecule has 242 valence electrons. The third kappa shape index (κ3) is 7.50. The Morgan fingerprint density at radius 1 is 0.620 bits per heavy atom. The van der Waals surface area contributed by atoms with E-state index in [9.17, 15) is 8.78 Å². The number of hydrogen-bond donors (Lipinski definition) is 0. The van der Waals surface area contributed by atoms with Crippen LogP contribution in [0.5, 0.6) is 0 Å². The van der Waals surface area contributed by atoms with E-state index in [0.717, 1.165) is 27.9 Å². The van der Waals surface area contributed by atoms with E-state index in [1.54, 1.807) is 27.4 Å². The zero-order chi connectivity index (χ0) is 35.0. The van der Waals surface area contributed by atoms with E-state index in [2.05, 4.69) is 55.5 Å². The van der Waals surface area contributed by atoms with Crippen LogP contribution in [0, 0.1) is 24.8 Å². The van der Waals surface area contributed by atoms with E-state index in [0.29, 0.717) is 38.4 Å². The second kappa shape index (κ2) is 15.2. The first-order valence-electron chi connectivity index (χ1n) is 14.5. The first-order valence-corrected chi connectivity index (χ1v) is 15.7. The van der Waals surface area contributed by atoms with Crippen molar-refractivity contribution < 1.29 is 8.78 Å². The van der Waals surface area contributed by atoms with Gasteiger partial charge in [-0.05, 0) is 58.4 Å². The molecule has 14 heteroatoms. The fraction of sp³-hybridized carbons (Fsp3) is 0. The number of halogens is 4. The largest absolute Gasteiger partial charge is 0.362 e. The summed E-state index contributed by atoms with van der Waals surface area (Å²) in [6.45, 7) is 14.3. The highest BCUT2D eigenvalue weighted by atomic mass is 79.9. The zero-order valence-corrected chi connectivity index (χ0v) is 27.9. The van der Waals surface area contributed by atoms with Gasteiger partial charge in [0.1, 0.15) is 21.4 Å². The topological polar surface area (TPSA) is 94.9 Å². The van der Waals surface area contributed by atoms with Gasteiger partial charge in [-0.1, -0.05) is 30.8 Å². The summed E-state index contributed by atoms with van der Waals surface area (Å²) in [4.78, 5) is 31.5. The second-order valence-electron chi connectivity index (χ2n) is 10.1. The van der Waals surface area contributed by atoms with Gasteiger partial charge in [0, 0.05) is 71.3 Å². The molecule has 0 spiro atoms. The maximum absolute atomic E-state index is 13.5. The first kappa shape index (κ1) is 33.5. The molecule has 0 bridgehead atoms. The molecule has 0 atom stereocenters. The van der Waals surface area contributed by atoms with Crippen molar-refractivity contribution in [3.05, 3.63) is 167 Å². The summed E-state index contributed by atoms with van der Waals surface area (Å²) in [6.07, 6.45) is 12.9. The van der Waals surface area contributed by atoms with Gasteiger partial charge in [-0.2, -0.15) is 0 Å². The van der Waals surface area contributed by atoms with Crippen LogP contribution in [0.4, 0.5) is 20.4 Å². The molecule has 8 aromatic heterocycles. The maximum atomic E-state index is 13.5. The van der Waals surface area contributed by atoms with Gasteiger partial charge < -0.3 is 9.69 Å². The summed E-state index contributed by atoms with van der Waals surface area (Å²) in [7, 11) is 0. The lowest BCUT2D eigenvalue weighted by molar-refractivity contribution is 0.624. The molecule has 0 aliphatic rings. The number of nitrogens with zero attached hydrogens (tertiary/aromatic N) is 10. The van der Waals surface area contributed by atoms with Crippen molar-refractivity contribution in [1.29, 1.82) is 0 Å². The lowest BCUT2D eigenvalue weighted by Gasteiger charge is -2.08. The van der Waals surface area contributed by atoms with Gasteiger partial charge >= 0.3 is 0 Å². The van der Waals surface area contributed by atoms with E-state index in [1.165, 1.54) is 42.9 Å². The summed E-state index contributed by atoms with van der Waals surface area (Å²) in [6, 6.07) is 20.2. The molecule has 0 saturated carbocycles. The average Bonchev–Trinajstić information content (AvgIpc) is 3.75. The minimum Gasteiger partial charge on any atom is -0.362 e. The van der Waals surface area contributed by atoms with Crippen molar-refractivity contribution in [2.75, 3.05) is 0 Å². The predicted molar refractivity (Wildman–Crippen MR) is 189 cm³/mol. The molecule has 8 aromatic rings. The summed E-state index contributed by atoms with van der Waals surface area (Å²) in [5.41, 5.74) is 5.88. The molecule has 0 aliphatic heterocycles. The molecule has 0 amide bonds. The SMILES string of the molecule is Fc1ccnc(Br)c1.[C-]#[N+]c1cnc2ccc(-c3cccnc3-c3cc(F)ccn3)cn12.[C-]#[N+]c1cnc2ccc(-c3cccnc3Cl)cn12. The molecule has 8 heterocycles. The highest BCUT2D eigenvalue weighted by Crippen LogP contribution is 2.31. The van der Waals surface area contributed by atoms with Crippen molar-refractivity contribution in [2.24, 2.45) is 0 Å². The van der Waals surface area contributed by atoms with Crippen molar-refractivity contribution in [3.63, 3.8) is 0 Å². The van der Waals surface area contributed by atoms with Crippen molar-refractivity contribution in [3.8, 4) is 33.6 Å². The molecule has 0 fully saturated rings. The van der Waals surface area contributed by atoms with Gasteiger partial charge in [-0.25, -0.2) is 37.5 Å². The van der Waals surface area contributed by atoms with Crippen LogP contribution in [-0.2, 0) is 0 Å². The van der Waals surface area contributed by atoms with Crippen molar-refractivity contribution >= 4 is 50.5 Å². The van der Waals surface area contributed by atoms with Crippen LogP contribution in [-0.4, -0.2) is 38.7 Å². The standard InChI is InChI=1S/C18H10FN5.C13H7ClN4.C5H3BrFN/c1-20-17-10-23-16-5-4-12(11-24(16)17)14-3-2-7-22-18(14)15-9-13(19)6-8-21-15;1-15-12-7-17-11-5-4-9(8-18(11)12)10-3-2-6-16-13(10)14;6-5-3-4(7)1-2-8-5/h2-11H;2-8H;1-3H. The van der Waals surface area contributed by atoms with Crippen LogP contribution in [0.3, 0.4) is 0 Å². The fourth-order valence-electron chi connectivity index (χ4n) is 4.78. The molecule has 0 radical (unpaired) electrons. The molecular formula is C36H20BrClF2N10. The number of hydrogen-bond acceptors (Lipinski definition) is 6. The lowest BCUT2D eigenvalue weighted by atomic mass is 10.0. The predicted octanol–water partition coefficient (Wildman–Crippen LogP) is 9.73. The molecule has 10 nitrogen and oxygen atoms in total. The third-order valence-corrected chi connectivity index (χ3v) is 7.78. The quantitative estimate of drug-likeness (QED) is 0.132. The zero-order valence-electron chi connectivity index (χ0n) is 25.5. The number of fused-ring (bicyclic) bond motifs is 2. The lowest BCUT2D eigenvalue weighted by Crippen LogP contribution is -1.93. The van der Waals surface area contributed by atoms with Crippen molar-refractivity contribution in [2.45, 2.75) is 0 Å². The summed E-state index contributed by atoms with van der Waals surface area (Å²) < 4.78 is 29.6. The van der Waals surface area contributed by atoms with Gasteiger partial charge in [-0.15, -0.1) is 0 Å². The van der Waals surface area contributed by atoms with Gasteiger partial charge in [0.25, 0.3) is 11.6 Å². The van der Waals surface area contributed by atoms with Crippen LogP contribution >= 0.6 is 27.5 Å². The first-order chi connectivity index (χ1) is 24.3. The van der Waals surface area contributed by atoms with Crippen LogP contribution in [0.25, 0.3) is 54.6 Å². The highest BCUT2D eigenvalue weighted by Gasteiger charge is 2.14. The molecule has 8 rings (SSSR count). The minimum atomic E-state index is -0.364. The van der Waals surface area contributed by atoms with Crippen LogP contribution < -0.4 is 0 Å². The molecule has 0 saturated heterocycles. The summed E-state index contributed by atoms with van der Waals surface area (Å²) in [5, 5.41) is 0.446.